The fourth-order valence-corrected chi connectivity index (χ4v) is 4.61. The van der Waals surface area contributed by atoms with Gasteiger partial charge in [0.15, 0.2) is 0 Å². The van der Waals surface area contributed by atoms with E-state index in [1.807, 2.05) is 20.8 Å². The topological polar surface area (TPSA) is 72.9 Å². The Labute approximate surface area is 158 Å². The molecule has 2 unspecified atom stereocenters. The van der Waals surface area contributed by atoms with Crippen molar-refractivity contribution in [1.29, 1.82) is 0 Å². The highest BCUT2D eigenvalue weighted by molar-refractivity contribution is 6.20. The Morgan fingerprint density at radius 1 is 1.15 bits per heavy atom. The zero-order valence-electron chi connectivity index (χ0n) is 16.0. The van der Waals surface area contributed by atoms with E-state index in [4.69, 9.17) is 9.57 Å². The van der Waals surface area contributed by atoms with Gasteiger partial charge < -0.3 is 9.57 Å². The van der Waals surface area contributed by atoms with Gasteiger partial charge in [0.05, 0.1) is 29.3 Å². The highest BCUT2D eigenvalue weighted by Crippen LogP contribution is 2.62. The van der Waals surface area contributed by atoms with Gasteiger partial charge in [-0.05, 0) is 58.1 Å². The van der Waals surface area contributed by atoms with Gasteiger partial charge >= 0.3 is 5.97 Å². The highest BCUT2D eigenvalue weighted by atomic mass is 16.7. The molecule has 0 aromatic heterocycles. The molecule has 2 atom stereocenters. The fraction of sp³-hybridized carbons (Fsp3) is 0.571. The van der Waals surface area contributed by atoms with Crippen LogP contribution in [0.25, 0.3) is 0 Å². The summed E-state index contributed by atoms with van der Waals surface area (Å²) in [5.41, 5.74) is 0.383. The minimum atomic E-state index is -0.579. The van der Waals surface area contributed by atoms with Gasteiger partial charge in [-0.3, -0.25) is 9.59 Å². The van der Waals surface area contributed by atoms with Crippen LogP contribution in [0.1, 0.15) is 73.6 Å². The Bertz CT molecular complexity index is 770. The Morgan fingerprint density at radius 3 is 2.22 bits per heavy atom. The Hall–Kier alpha value is -2.21. The Morgan fingerprint density at radius 2 is 1.74 bits per heavy atom. The highest BCUT2D eigenvalue weighted by Gasteiger charge is 2.60. The van der Waals surface area contributed by atoms with Gasteiger partial charge in [0.25, 0.3) is 11.8 Å². The van der Waals surface area contributed by atoms with E-state index in [1.165, 1.54) is 0 Å². The molecule has 3 aliphatic rings. The van der Waals surface area contributed by atoms with Crippen LogP contribution in [0, 0.1) is 11.3 Å². The largest absolute Gasteiger partial charge is 0.372 e. The third kappa shape index (κ3) is 2.96. The number of hydrogen-bond donors (Lipinski definition) is 0. The second-order valence-electron chi connectivity index (χ2n) is 8.86. The summed E-state index contributed by atoms with van der Waals surface area (Å²) >= 11 is 0. The number of imide groups is 1. The molecule has 0 radical (unpaired) electrons. The van der Waals surface area contributed by atoms with Crippen molar-refractivity contribution in [3.8, 4) is 0 Å². The molecule has 144 valence electrons. The number of carbonyl (C=O) groups is 3. The quantitative estimate of drug-likeness (QED) is 0.758. The second-order valence-corrected chi connectivity index (χ2v) is 8.86. The van der Waals surface area contributed by atoms with Crippen molar-refractivity contribution >= 4 is 17.8 Å². The Balaban J connectivity index is 1.38. The molecular formula is C21H25NO5. The summed E-state index contributed by atoms with van der Waals surface area (Å²) in [7, 11) is 0. The van der Waals surface area contributed by atoms with E-state index in [-0.39, 0.29) is 40.6 Å². The number of fused-ring (bicyclic) bond motifs is 1. The zero-order valence-corrected chi connectivity index (χ0v) is 16.0. The molecule has 1 aromatic rings. The molecule has 4 rings (SSSR count). The molecule has 2 saturated carbocycles. The minimum Gasteiger partial charge on any atom is -0.372 e. The first-order valence-corrected chi connectivity index (χ1v) is 9.58. The first-order chi connectivity index (χ1) is 12.7. The van der Waals surface area contributed by atoms with Gasteiger partial charge in [0.2, 0.25) is 0 Å². The number of rotatable bonds is 4. The van der Waals surface area contributed by atoms with E-state index >= 15 is 0 Å². The summed E-state index contributed by atoms with van der Waals surface area (Å²) in [5.74, 6) is -1.51. The number of ether oxygens (including phenoxy) is 1. The van der Waals surface area contributed by atoms with Crippen LogP contribution < -0.4 is 0 Å². The number of benzene rings is 1. The summed E-state index contributed by atoms with van der Waals surface area (Å²) in [6, 6.07) is 6.49. The molecule has 1 aliphatic heterocycles. The van der Waals surface area contributed by atoms with Gasteiger partial charge in [-0.15, -0.1) is 0 Å². The van der Waals surface area contributed by atoms with Crippen molar-refractivity contribution in [2.45, 2.75) is 64.6 Å². The number of hydroxylamine groups is 2. The van der Waals surface area contributed by atoms with Crippen LogP contribution in [0.2, 0.25) is 0 Å². The lowest BCUT2D eigenvalue weighted by molar-refractivity contribution is -0.237. The maximum absolute atomic E-state index is 12.5. The molecule has 1 aromatic carbocycles. The summed E-state index contributed by atoms with van der Waals surface area (Å²) in [6.07, 6.45) is 4.44. The number of hydrogen-bond acceptors (Lipinski definition) is 5. The van der Waals surface area contributed by atoms with Crippen molar-refractivity contribution in [1.82, 2.24) is 5.06 Å². The molecule has 6 heteroatoms. The lowest BCUT2D eigenvalue weighted by Crippen LogP contribution is -2.60. The SMILES string of the molecule is CC(C)(C)OC1CC(CC(=O)ON2C(=O)c3ccccc3C2=O)C12CCC2. The maximum Gasteiger partial charge on any atom is 0.333 e. The van der Waals surface area contributed by atoms with Gasteiger partial charge in [0.1, 0.15) is 0 Å². The van der Waals surface area contributed by atoms with E-state index in [1.54, 1.807) is 24.3 Å². The van der Waals surface area contributed by atoms with Crippen molar-refractivity contribution in [2.75, 3.05) is 0 Å². The number of amides is 2. The third-order valence-electron chi connectivity index (χ3n) is 6.10. The smallest absolute Gasteiger partial charge is 0.333 e. The van der Waals surface area contributed by atoms with Crippen LogP contribution in [-0.4, -0.2) is 34.6 Å². The molecule has 6 nitrogen and oxygen atoms in total. The number of nitrogens with zero attached hydrogens (tertiary/aromatic N) is 1. The fourth-order valence-electron chi connectivity index (χ4n) is 4.61. The number of carbonyl (C=O) groups excluding carboxylic acids is 3. The molecular weight excluding hydrogens is 346 g/mol. The van der Waals surface area contributed by atoms with E-state index < -0.39 is 17.8 Å². The molecule has 2 aliphatic carbocycles. The second kappa shape index (κ2) is 6.16. The van der Waals surface area contributed by atoms with Crippen LogP contribution in [-0.2, 0) is 14.4 Å². The summed E-state index contributed by atoms with van der Waals surface area (Å²) in [4.78, 5) is 42.3. The summed E-state index contributed by atoms with van der Waals surface area (Å²) in [6.45, 7) is 6.13. The van der Waals surface area contributed by atoms with E-state index in [9.17, 15) is 14.4 Å². The van der Waals surface area contributed by atoms with Crippen LogP contribution >= 0.6 is 0 Å². The van der Waals surface area contributed by atoms with E-state index in [0.29, 0.717) is 5.06 Å². The van der Waals surface area contributed by atoms with Crippen LogP contribution in [0.15, 0.2) is 24.3 Å². The van der Waals surface area contributed by atoms with Gasteiger partial charge in [0, 0.05) is 5.41 Å². The average molecular weight is 371 g/mol. The molecule has 2 fully saturated rings. The van der Waals surface area contributed by atoms with Crippen molar-refractivity contribution in [2.24, 2.45) is 11.3 Å². The average Bonchev–Trinajstić information content (AvgIpc) is 2.76. The summed E-state index contributed by atoms with van der Waals surface area (Å²) < 4.78 is 6.18. The first kappa shape index (κ1) is 18.2. The molecule has 0 saturated heterocycles. The summed E-state index contributed by atoms with van der Waals surface area (Å²) in [5, 5.41) is 0.599. The van der Waals surface area contributed by atoms with Crippen LogP contribution in [0.3, 0.4) is 0 Å². The molecule has 0 bridgehead atoms. The predicted molar refractivity (Wildman–Crippen MR) is 96.7 cm³/mol. The van der Waals surface area contributed by atoms with Gasteiger partial charge in [-0.1, -0.05) is 23.6 Å². The predicted octanol–water partition coefficient (Wildman–Crippen LogP) is 3.50. The zero-order chi connectivity index (χ0) is 19.4. The van der Waals surface area contributed by atoms with Crippen molar-refractivity contribution < 1.29 is 24.0 Å². The Kier molecular flexibility index (Phi) is 4.14. The normalized spacial score (nSPS) is 25.8. The molecule has 1 spiro atoms. The minimum absolute atomic E-state index is 0.0499. The van der Waals surface area contributed by atoms with Crippen LogP contribution in [0.5, 0.6) is 0 Å². The molecule has 1 heterocycles. The van der Waals surface area contributed by atoms with Gasteiger partial charge in [-0.25, -0.2) is 4.79 Å². The van der Waals surface area contributed by atoms with E-state index in [0.717, 1.165) is 25.7 Å². The van der Waals surface area contributed by atoms with Crippen molar-refractivity contribution in [3.63, 3.8) is 0 Å². The van der Waals surface area contributed by atoms with Crippen LogP contribution in [0.4, 0.5) is 0 Å². The van der Waals surface area contributed by atoms with Gasteiger partial charge in [-0.2, -0.15) is 0 Å². The standard InChI is InChI=1S/C21H25NO5/c1-20(2,3)26-16-11-13(21(16)9-6-10-21)12-17(23)27-22-18(24)14-7-4-5-8-15(14)19(22)25/h4-5,7-8,13,16H,6,9-12H2,1-3H3. The maximum atomic E-state index is 12.5. The molecule has 2 amide bonds. The van der Waals surface area contributed by atoms with E-state index in [2.05, 4.69) is 0 Å². The lowest BCUT2D eigenvalue weighted by Gasteiger charge is -2.62. The lowest BCUT2D eigenvalue weighted by atomic mass is 9.47. The monoisotopic (exact) mass is 371 g/mol. The third-order valence-corrected chi connectivity index (χ3v) is 6.10. The molecule has 27 heavy (non-hydrogen) atoms. The molecule has 0 N–H and O–H groups in total. The first-order valence-electron chi connectivity index (χ1n) is 9.58. The van der Waals surface area contributed by atoms with Crippen molar-refractivity contribution in [3.05, 3.63) is 35.4 Å².